The molecule has 0 rings (SSSR count). The summed E-state index contributed by atoms with van der Waals surface area (Å²) in [4.78, 5) is 22.9. The van der Waals surface area contributed by atoms with Gasteiger partial charge in [-0.1, -0.05) is 0 Å². The summed E-state index contributed by atoms with van der Waals surface area (Å²) in [6.07, 6.45) is 0. The van der Waals surface area contributed by atoms with E-state index in [4.69, 9.17) is 19.2 Å². The van der Waals surface area contributed by atoms with E-state index >= 15 is 0 Å². The van der Waals surface area contributed by atoms with Crippen molar-refractivity contribution in [2.75, 3.05) is 21.3 Å². The Balaban J connectivity index is -0.000000177. The molecule has 82 valence electrons. The molecule has 0 heterocycles. The number of hydrogen-bond acceptors (Lipinski definition) is 6. The van der Waals surface area contributed by atoms with E-state index in [2.05, 4.69) is 13.6 Å². The molecule has 0 amide bonds. The van der Waals surface area contributed by atoms with Crippen molar-refractivity contribution < 1.29 is 88.8 Å². The normalized spacial score (nSPS) is 11.0. The van der Waals surface area contributed by atoms with E-state index in [-0.39, 0.29) is 51.4 Å². The van der Waals surface area contributed by atoms with Gasteiger partial charge in [-0.15, -0.1) is 0 Å². The number of hydrogen-bond donors (Lipinski definition) is 2. The zero-order valence-electron chi connectivity index (χ0n) is 8.24. The van der Waals surface area contributed by atoms with Crippen molar-refractivity contribution in [3.8, 4) is 0 Å². The molecule has 0 aliphatic heterocycles. The fraction of sp³-hybridized carbons (Fsp3) is 1.00. The quantitative estimate of drug-likeness (QED) is 0.401. The van der Waals surface area contributed by atoms with E-state index in [1.54, 1.807) is 0 Å². The average molecular weight is 276 g/mol. The molecular formula is C3H11KO8P2. The summed E-state index contributed by atoms with van der Waals surface area (Å²) < 4.78 is 32.5. The predicted molar refractivity (Wildman–Crippen MR) is 40.7 cm³/mol. The summed E-state index contributed by atoms with van der Waals surface area (Å²) in [6.45, 7) is 0. The third kappa shape index (κ3) is 19.4. The molecule has 0 radical (unpaired) electrons. The Morgan fingerprint density at radius 1 is 1.00 bits per heavy atom. The van der Waals surface area contributed by atoms with Gasteiger partial charge in [0.05, 0.1) is 0 Å². The van der Waals surface area contributed by atoms with Crippen molar-refractivity contribution in [3.05, 3.63) is 0 Å². The summed E-state index contributed by atoms with van der Waals surface area (Å²) >= 11 is 0. The molecule has 0 aromatic rings. The molecule has 8 nitrogen and oxygen atoms in total. The molecule has 0 aliphatic rings. The summed E-state index contributed by atoms with van der Waals surface area (Å²) in [5.74, 6) is 0. The van der Waals surface area contributed by atoms with Gasteiger partial charge in [0.1, 0.15) is 0 Å². The SMILES string of the molecule is COP(=O)(OC)OC.O=P([O-])(O)O.[K+]. The van der Waals surface area contributed by atoms with E-state index in [1.807, 2.05) is 0 Å². The summed E-state index contributed by atoms with van der Waals surface area (Å²) in [7, 11) is -4.28. The Morgan fingerprint density at radius 3 is 1.14 bits per heavy atom. The van der Waals surface area contributed by atoms with Crippen molar-refractivity contribution in [1.82, 2.24) is 0 Å². The summed E-state index contributed by atoms with van der Waals surface area (Å²) in [5.41, 5.74) is 0. The molecule has 0 unspecified atom stereocenters. The standard InChI is InChI=1S/C3H9O4P.K.H3O4P/c1-5-8(4,6-2)7-3;;1-5(2,3)4/h1-3H3;;(H3,1,2,3,4)/q;+1;/p-1. The third-order valence-corrected chi connectivity index (χ3v) is 2.01. The maximum Gasteiger partial charge on any atom is 1.00 e. The van der Waals surface area contributed by atoms with Crippen LogP contribution >= 0.6 is 15.6 Å². The molecular weight excluding hydrogens is 265 g/mol. The molecule has 11 heteroatoms. The number of rotatable bonds is 3. The van der Waals surface area contributed by atoms with Crippen LogP contribution < -0.4 is 56.3 Å². The second kappa shape index (κ2) is 10.0. The topological polar surface area (TPSA) is 125 Å². The zero-order chi connectivity index (χ0) is 11.1. The zero-order valence-corrected chi connectivity index (χ0v) is 13.2. The minimum atomic E-state index is -4.89. The molecule has 0 bridgehead atoms. The first-order valence-corrected chi connectivity index (χ1v) is 5.71. The van der Waals surface area contributed by atoms with Crippen molar-refractivity contribution >= 4 is 15.6 Å². The summed E-state index contributed by atoms with van der Waals surface area (Å²) in [5, 5.41) is 0. The van der Waals surface area contributed by atoms with Crippen LogP contribution in [0, 0.1) is 0 Å². The van der Waals surface area contributed by atoms with Crippen molar-refractivity contribution in [3.63, 3.8) is 0 Å². The van der Waals surface area contributed by atoms with Crippen LogP contribution in [-0.2, 0) is 22.7 Å². The van der Waals surface area contributed by atoms with E-state index in [1.165, 1.54) is 21.3 Å². The molecule has 0 atom stereocenters. The number of phosphoric acid groups is 2. The van der Waals surface area contributed by atoms with Crippen molar-refractivity contribution in [1.29, 1.82) is 0 Å². The molecule has 0 aromatic carbocycles. The van der Waals surface area contributed by atoms with Gasteiger partial charge in [-0.2, -0.15) is 0 Å². The van der Waals surface area contributed by atoms with Crippen molar-refractivity contribution in [2.24, 2.45) is 0 Å². The molecule has 0 aliphatic carbocycles. The second-order valence-electron chi connectivity index (χ2n) is 1.49. The van der Waals surface area contributed by atoms with Gasteiger partial charge in [-0.3, -0.25) is 18.1 Å². The minimum Gasteiger partial charge on any atom is -0.756 e. The van der Waals surface area contributed by atoms with Crippen LogP contribution in [0.15, 0.2) is 0 Å². The van der Waals surface area contributed by atoms with Gasteiger partial charge < -0.3 is 14.7 Å². The maximum absolute atomic E-state index is 10.7. The molecule has 2 N–H and O–H groups in total. The predicted octanol–water partition coefficient (Wildman–Crippen LogP) is -3.52. The van der Waals surface area contributed by atoms with Gasteiger partial charge in [-0.25, -0.2) is 4.57 Å². The minimum absolute atomic E-state index is 0. The van der Waals surface area contributed by atoms with Gasteiger partial charge in [0.25, 0.3) is 7.82 Å². The van der Waals surface area contributed by atoms with Crippen LogP contribution in [0.25, 0.3) is 0 Å². The fourth-order valence-electron chi connectivity index (χ4n) is 0.224. The van der Waals surface area contributed by atoms with Gasteiger partial charge in [0, 0.05) is 21.3 Å². The Bertz CT molecular complexity index is 185. The Labute approximate surface area is 124 Å². The van der Waals surface area contributed by atoms with Crippen LogP contribution in [0.4, 0.5) is 0 Å². The first-order chi connectivity index (χ1) is 5.68. The Hall–Kier alpha value is 1.86. The molecule has 14 heavy (non-hydrogen) atoms. The largest absolute Gasteiger partial charge is 1.00 e. The van der Waals surface area contributed by atoms with Gasteiger partial charge in [-0.05, 0) is 0 Å². The van der Waals surface area contributed by atoms with Gasteiger partial charge in [0.2, 0.25) is 0 Å². The van der Waals surface area contributed by atoms with Crippen molar-refractivity contribution in [2.45, 2.75) is 0 Å². The van der Waals surface area contributed by atoms with Crippen LogP contribution in [-0.4, -0.2) is 31.1 Å². The van der Waals surface area contributed by atoms with E-state index < -0.39 is 15.6 Å². The molecule has 0 saturated heterocycles. The van der Waals surface area contributed by atoms with Crippen LogP contribution in [0.1, 0.15) is 0 Å². The first-order valence-electron chi connectivity index (χ1n) is 2.72. The average Bonchev–Trinajstić information content (AvgIpc) is 2.00. The Kier molecular flexibility index (Phi) is 15.2. The van der Waals surface area contributed by atoms with E-state index in [0.717, 1.165) is 0 Å². The monoisotopic (exact) mass is 276 g/mol. The van der Waals surface area contributed by atoms with Crippen LogP contribution in [0.3, 0.4) is 0 Å². The van der Waals surface area contributed by atoms with Crippen LogP contribution in [0.2, 0.25) is 0 Å². The molecule has 0 saturated carbocycles. The van der Waals surface area contributed by atoms with E-state index in [0.29, 0.717) is 0 Å². The van der Waals surface area contributed by atoms with Gasteiger partial charge in [0.15, 0.2) is 0 Å². The number of phosphoric ester groups is 1. The molecule has 0 fully saturated rings. The smallest absolute Gasteiger partial charge is 0.756 e. The second-order valence-corrected chi connectivity index (χ2v) is 4.46. The molecule has 0 aromatic heterocycles. The van der Waals surface area contributed by atoms with Gasteiger partial charge >= 0.3 is 59.2 Å². The first kappa shape index (κ1) is 21.2. The third-order valence-electron chi connectivity index (χ3n) is 0.671. The van der Waals surface area contributed by atoms with E-state index in [9.17, 15) is 4.57 Å². The van der Waals surface area contributed by atoms with Crippen LogP contribution in [0.5, 0.6) is 0 Å². The Morgan fingerprint density at radius 2 is 1.14 bits per heavy atom. The maximum atomic E-state index is 10.7. The summed E-state index contributed by atoms with van der Waals surface area (Å²) in [6, 6.07) is 0. The fourth-order valence-corrected chi connectivity index (χ4v) is 0.671. The molecule has 0 spiro atoms.